The highest BCUT2D eigenvalue weighted by Crippen LogP contribution is 2.34. The Morgan fingerprint density at radius 2 is 2.20 bits per heavy atom. The van der Waals surface area contributed by atoms with Gasteiger partial charge in [-0.05, 0) is 50.8 Å². The lowest BCUT2D eigenvalue weighted by atomic mass is 9.94. The topological polar surface area (TPSA) is 66.6 Å². The van der Waals surface area contributed by atoms with Crippen LogP contribution in [0.5, 0.6) is 5.75 Å². The molecule has 3 N–H and O–H groups in total. The fourth-order valence-electron chi connectivity index (χ4n) is 3.18. The zero-order chi connectivity index (χ0) is 14.7. The minimum atomic E-state index is 0.0294. The lowest BCUT2D eigenvalue weighted by Gasteiger charge is -2.28. The summed E-state index contributed by atoms with van der Waals surface area (Å²) in [5, 5.41) is 9.67. The van der Waals surface area contributed by atoms with Crippen LogP contribution in [-0.2, 0) is 4.79 Å². The molecule has 1 aromatic rings. The molecule has 1 aromatic carbocycles. The van der Waals surface area contributed by atoms with Crippen LogP contribution >= 0.6 is 0 Å². The molecule has 1 saturated carbocycles. The number of phenolic OH excluding ortho intramolecular Hbond substituents is 1. The Morgan fingerprint density at radius 1 is 1.45 bits per heavy atom. The first kappa shape index (κ1) is 14.9. The molecule has 0 saturated heterocycles. The first-order valence-corrected chi connectivity index (χ1v) is 7.39. The van der Waals surface area contributed by atoms with Crippen LogP contribution < -0.4 is 10.6 Å². The van der Waals surface area contributed by atoms with Gasteiger partial charge < -0.3 is 15.7 Å². The molecule has 1 aliphatic carbocycles. The highest BCUT2D eigenvalue weighted by Gasteiger charge is 2.35. The van der Waals surface area contributed by atoms with Gasteiger partial charge in [0, 0.05) is 18.5 Å². The second-order valence-electron chi connectivity index (χ2n) is 5.59. The van der Waals surface area contributed by atoms with Crippen LogP contribution in [-0.4, -0.2) is 24.1 Å². The number of benzene rings is 1. The lowest BCUT2D eigenvalue weighted by molar-refractivity contribution is -0.123. The van der Waals surface area contributed by atoms with Crippen molar-refractivity contribution in [1.82, 2.24) is 0 Å². The monoisotopic (exact) mass is 276 g/mol. The minimum Gasteiger partial charge on any atom is -0.508 e. The molecule has 0 radical (unpaired) electrons. The molecular weight excluding hydrogens is 252 g/mol. The normalized spacial score (nSPS) is 21.9. The van der Waals surface area contributed by atoms with Gasteiger partial charge in [-0.2, -0.15) is 0 Å². The fraction of sp³-hybridized carbons (Fsp3) is 0.562. The first-order chi connectivity index (χ1) is 9.58. The summed E-state index contributed by atoms with van der Waals surface area (Å²) in [5.41, 5.74) is 7.59. The molecule has 2 rings (SSSR count). The van der Waals surface area contributed by atoms with Crippen molar-refractivity contribution in [2.45, 2.75) is 33.1 Å². The van der Waals surface area contributed by atoms with Crippen molar-refractivity contribution in [3.63, 3.8) is 0 Å². The van der Waals surface area contributed by atoms with Gasteiger partial charge in [-0.1, -0.05) is 12.5 Å². The SMILES string of the molecule is CCN(C(=O)C1CCCC1CN)c1cc(O)ccc1C. The van der Waals surface area contributed by atoms with E-state index in [4.69, 9.17) is 5.73 Å². The van der Waals surface area contributed by atoms with Gasteiger partial charge in [0.1, 0.15) is 5.75 Å². The van der Waals surface area contributed by atoms with Crippen molar-refractivity contribution in [3.8, 4) is 5.75 Å². The molecule has 1 aliphatic rings. The van der Waals surface area contributed by atoms with Gasteiger partial charge in [-0.3, -0.25) is 4.79 Å². The standard InChI is InChI=1S/C16H24N2O2/c1-3-18(15-9-13(19)8-7-11(15)2)16(20)14-6-4-5-12(14)10-17/h7-9,12,14,19H,3-6,10,17H2,1-2H3. The molecule has 0 aromatic heterocycles. The van der Waals surface area contributed by atoms with Crippen LogP contribution in [0.2, 0.25) is 0 Å². The largest absolute Gasteiger partial charge is 0.508 e. The molecule has 0 spiro atoms. The van der Waals surface area contributed by atoms with Crippen molar-refractivity contribution in [3.05, 3.63) is 23.8 Å². The lowest BCUT2D eigenvalue weighted by Crippen LogP contribution is -2.39. The summed E-state index contributed by atoms with van der Waals surface area (Å²) < 4.78 is 0. The number of nitrogens with zero attached hydrogens (tertiary/aromatic N) is 1. The molecule has 1 fully saturated rings. The molecule has 4 heteroatoms. The van der Waals surface area contributed by atoms with E-state index in [1.54, 1.807) is 17.0 Å². The van der Waals surface area contributed by atoms with Gasteiger partial charge in [-0.15, -0.1) is 0 Å². The molecule has 0 bridgehead atoms. The maximum Gasteiger partial charge on any atom is 0.230 e. The molecule has 2 atom stereocenters. The van der Waals surface area contributed by atoms with E-state index in [2.05, 4.69) is 0 Å². The smallest absolute Gasteiger partial charge is 0.230 e. The van der Waals surface area contributed by atoms with E-state index in [1.165, 1.54) is 0 Å². The number of hydrogen-bond donors (Lipinski definition) is 2. The number of aromatic hydroxyl groups is 1. The van der Waals surface area contributed by atoms with Crippen molar-refractivity contribution >= 4 is 11.6 Å². The van der Waals surface area contributed by atoms with E-state index >= 15 is 0 Å². The quantitative estimate of drug-likeness (QED) is 0.887. The summed E-state index contributed by atoms with van der Waals surface area (Å²) in [7, 11) is 0. The van der Waals surface area contributed by atoms with Crippen LogP contribution in [0.1, 0.15) is 31.7 Å². The maximum atomic E-state index is 12.8. The van der Waals surface area contributed by atoms with Crippen molar-refractivity contribution in [1.29, 1.82) is 0 Å². The van der Waals surface area contributed by atoms with E-state index in [-0.39, 0.29) is 17.6 Å². The molecule has 2 unspecified atom stereocenters. The molecular formula is C16H24N2O2. The number of aryl methyl sites for hydroxylation is 1. The van der Waals surface area contributed by atoms with E-state index in [0.717, 1.165) is 30.5 Å². The zero-order valence-corrected chi connectivity index (χ0v) is 12.3. The Kier molecular flexibility index (Phi) is 4.65. The van der Waals surface area contributed by atoms with E-state index in [9.17, 15) is 9.90 Å². The summed E-state index contributed by atoms with van der Waals surface area (Å²) in [4.78, 5) is 14.6. The summed E-state index contributed by atoms with van der Waals surface area (Å²) in [5.74, 6) is 0.670. The molecule has 110 valence electrons. The van der Waals surface area contributed by atoms with Crippen molar-refractivity contribution in [2.24, 2.45) is 17.6 Å². The van der Waals surface area contributed by atoms with E-state index < -0.39 is 0 Å². The Bertz CT molecular complexity index is 487. The third-order valence-corrected chi connectivity index (χ3v) is 4.34. The second kappa shape index (κ2) is 6.27. The van der Waals surface area contributed by atoms with Crippen LogP contribution in [0.4, 0.5) is 5.69 Å². The maximum absolute atomic E-state index is 12.8. The first-order valence-electron chi connectivity index (χ1n) is 7.39. The average molecular weight is 276 g/mol. The summed E-state index contributed by atoms with van der Waals surface area (Å²) in [6, 6.07) is 5.16. The summed E-state index contributed by atoms with van der Waals surface area (Å²) in [6.45, 7) is 5.11. The van der Waals surface area contributed by atoms with Gasteiger partial charge in [0.15, 0.2) is 0 Å². The van der Waals surface area contributed by atoms with Crippen molar-refractivity contribution < 1.29 is 9.90 Å². The highest BCUT2D eigenvalue weighted by molar-refractivity contribution is 5.96. The van der Waals surface area contributed by atoms with Gasteiger partial charge in [-0.25, -0.2) is 0 Å². The second-order valence-corrected chi connectivity index (χ2v) is 5.59. The number of phenols is 1. The predicted octanol–water partition coefficient (Wildman–Crippen LogP) is 2.43. The van der Waals surface area contributed by atoms with Gasteiger partial charge in [0.25, 0.3) is 0 Å². The third-order valence-electron chi connectivity index (χ3n) is 4.34. The number of amides is 1. The fourth-order valence-corrected chi connectivity index (χ4v) is 3.18. The summed E-state index contributed by atoms with van der Waals surface area (Å²) >= 11 is 0. The number of anilines is 1. The number of carbonyl (C=O) groups excluding carboxylic acids is 1. The van der Waals surface area contributed by atoms with Crippen molar-refractivity contribution in [2.75, 3.05) is 18.0 Å². The van der Waals surface area contributed by atoms with Crippen LogP contribution in [0.15, 0.2) is 18.2 Å². The van der Waals surface area contributed by atoms with E-state index in [0.29, 0.717) is 19.0 Å². The molecule has 1 amide bonds. The average Bonchev–Trinajstić information content (AvgIpc) is 2.91. The predicted molar refractivity (Wildman–Crippen MR) is 80.8 cm³/mol. The molecule has 0 aliphatic heterocycles. The molecule has 20 heavy (non-hydrogen) atoms. The van der Waals surface area contributed by atoms with Gasteiger partial charge >= 0.3 is 0 Å². The Morgan fingerprint density at radius 3 is 2.85 bits per heavy atom. The van der Waals surface area contributed by atoms with Crippen LogP contribution in [0, 0.1) is 18.8 Å². The third kappa shape index (κ3) is 2.80. The zero-order valence-electron chi connectivity index (χ0n) is 12.3. The Balaban J connectivity index is 2.27. The number of hydrogen-bond acceptors (Lipinski definition) is 3. The van der Waals surface area contributed by atoms with Gasteiger partial charge in [0.05, 0.1) is 5.69 Å². The van der Waals surface area contributed by atoms with Crippen LogP contribution in [0.3, 0.4) is 0 Å². The number of carbonyl (C=O) groups is 1. The number of nitrogens with two attached hydrogens (primary N) is 1. The van der Waals surface area contributed by atoms with E-state index in [1.807, 2.05) is 19.9 Å². The summed E-state index contributed by atoms with van der Waals surface area (Å²) in [6.07, 6.45) is 3.05. The minimum absolute atomic E-state index is 0.0294. The molecule has 4 nitrogen and oxygen atoms in total. The highest BCUT2D eigenvalue weighted by atomic mass is 16.3. The number of rotatable bonds is 4. The van der Waals surface area contributed by atoms with Gasteiger partial charge in [0.2, 0.25) is 5.91 Å². The van der Waals surface area contributed by atoms with Crippen LogP contribution in [0.25, 0.3) is 0 Å². The Hall–Kier alpha value is -1.55. The molecule has 0 heterocycles. The Labute approximate surface area is 120 Å².